The third-order valence-electron chi connectivity index (χ3n) is 3.17. The van der Waals surface area contributed by atoms with Crippen LogP contribution in [0.3, 0.4) is 0 Å². The Morgan fingerprint density at radius 3 is 2.29 bits per heavy atom. The molecule has 0 saturated carbocycles. The van der Waals surface area contributed by atoms with E-state index in [9.17, 15) is 18.3 Å². The molecule has 0 aliphatic heterocycles. The molecule has 120 valence electrons. The third kappa shape index (κ3) is 6.93. The predicted octanol–water partition coefficient (Wildman–Crippen LogP) is 2.67. The van der Waals surface area contributed by atoms with Crippen LogP contribution >= 0.6 is 0 Å². The van der Waals surface area contributed by atoms with Gasteiger partial charge in [0.2, 0.25) is 0 Å². The summed E-state index contributed by atoms with van der Waals surface area (Å²) in [4.78, 5) is 2.11. The fraction of sp³-hybridized carbons (Fsp3) is 0.600. The minimum Gasteiger partial charge on any atom is -0.387 e. The lowest BCUT2D eigenvalue weighted by atomic mass is 10.1. The number of benzene rings is 1. The highest BCUT2D eigenvalue weighted by atomic mass is 19.4. The molecule has 1 unspecified atom stereocenters. The fourth-order valence-electron chi connectivity index (χ4n) is 1.93. The molecule has 21 heavy (non-hydrogen) atoms. The zero-order valence-electron chi connectivity index (χ0n) is 12.5. The molecule has 0 radical (unpaired) electrons. The number of rotatable bonds is 8. The minimum atomic E-state index is -4.34. The van der Waals surface area contributed by atoms with Gasteiger partial charge in [-0.25, -0.2) is 0 Å². The van der Waals surface area contributed by atoms with Gasteiger partial charge in [0.1, 0.15) is 0 Å². The molecule has 1 rings (SSSR count). The van der Waals surface area contributed by atoms with E-state index in [2.05, 4.69) is 10.2 Å². The van der Waals surface area contributed by atoms with Crippen LogP contribution in [-0.4, -0.2) is 43.7 Å². The standard InChI is InChI=1S/C15H23F3N2O/c1-20(2)10-4-3-9-19-11-14(21)12-5-7-13(8-6-12)15(16,17)18/h5-8,14,19,21H,3-4,9-11H2,1-2H3. The topological polar surface area (TPSA) is 35.5 Å². The van der Waals surface area contributed by atoms with Crippen molar-refractivity contribution in [2.24, 2.45) is 0 Å². The number of unbranched alkanes of at least 4 members (excludes halogenated alkanes) is 1. The average molecular weight is 304 g/mol. The highest BCUT2D eigenvalue weighted by Gasteiger charge is 2.30. The maximum Gasteiger partial charge on any atom is 0.416 e. The Morgan fingerprint density at radius 1 is 1.14 bits per heavy atom. The molecule has 1 aromatic rings. The summed E-state index contributed by atoms with van der Waals surface area (Å²) in [6, 6.07) is 4.63. The number of hydrogen-bond donors (Lipinski definition) is 2. The summed E-state index contributed by atoms with van der Waals surface area (Å²) < 4.78 is 37.3. The molecule has 0 bridgehead atoms. The lowest BCUT2D eigenvalue weighted by Crippen LogP contribution is -2.23. The second-order valence-corrected chi connectivity index (χ2v) is 5.35. The Hall–Kier alpha value is -1.11. The molecule has 6 heteroatoms. The molecule has 0 amide bonds. The summed E-state index contributed by atoms with van der Waals surface area (Å²) in [6.45, 7) is 2.14. The van der Waals surface area contributed by atoms with Crippen LogP contribution in [0, 0.1) is 0 Å². The van der Waals surface area contributed by atoms with Gasteiger partial charge in [0.25, 0.3) is 0 Å². The highest BCUT2D eigenvalue weighted by Crippen LogP contribution is 2.29. The fourth-order valence-corrected chi connectivity index (χ4v) is 1.93. The number of halogens is 3. The number of aliphatic hydroxyl groups is 1. The molecule has 0 aliphatic rings. The first-order chi connectivity index (χ1) is 9.80. The largest absolute Gasteiger partial charge is 0.416 e. The van der Waals surface area contributed by atoms with Crippen LogP contribution in [0.4, 0.5) is 13.2 Å². The Bertz CT molecular complexity index is 404. The Kier molecular flexibility index (Phi) is 7.14. The molecule has 1 atom stereocenters. The second-order valence-electron chi connectivity index (χ2n) is 5.35. The molecular formula is C15H23F3N2O. The monoisotopic (exact) mass is 304 g/mol. The van der Waals surface area contributed by atoms with Crippen LogP contribution in [0.25, 0.3) is 0 Å². The van der Waals surface area contributed by atoms with Crippen LogP contribution in [0.2, 0.25) is 0 Å². The third-order valence-corrected chi connectivity index (χ3v) is 3.17. The number of alkyl halides is 3. The van der Waals surface area contributed by atoms with E-state index in [-0.39, 0.29) is 0 Å². The number of nitrogens with zero attached hydrogens (tertiary/aromatic N) is 1. The first-order valence-corrected chi connectivity index (χ1v) is 7.01. The molecular weight excluding hydrogens is 281 g/mol. The van der Waals surface area contributed by atoms with Crippen molar-refractivity contribution in [1.82, 2.24) is 10.2 Å². The van der Waals surface area contributed by atoms with Crippen LogP contribution in [0.5, 0.6) is 0 Å². The second kappa shape index (κ2) is 8.36. The van der Waals surface area contributed by atoms with Crippen LogP contribution in [-0.2, 0) is 6.18 Å². The lowest BCUT2D eigenvalue weighted by Gasteiger charge is -2.14. The summed E-state index contributed by atoms with van der Waals surface area (Å²) >= 11 is 0. The maximum absolute atomic E-state index is 12.4. The Morgan fingerprint density at radius 2 is 1.76 bits per heavy atom. The van der Waals surface area contributed by atoms with Crippen molar-refractivity contribution >= 4 is 0 Å². The first kappa shape index (κ1) is 17.9. The van der Waals surface area contributed by atoms with Crippen LogP contribution < -0.4 is 5.32 Å². The van der Waals surface area contributed by atoms with E-state index in [4.69, 9.17) is 0 Å². The number of hydrogen-bond acceptors (Lipinski definition) is 3. The maximum atomic E-state index is 12.4. The highest BCUT2D eigenvalue weighted by molar-refractivity contribution is 5.26. The van der Waals surface area contributed by atoms with Gasteiger partial charge in [-0.1, -0.05) is 12.1 Å². The molecule has 0 aliphatic carbocycles. The first-order valence-electron chi connectivity index (χ1n) is 7.01. The Labute approximate surface area is 123 Å². The zero-order valence-corrected chi connectivity index (χ0v) is 12.5. The minimum absolute atomic E-state index is 0.341. The van der Waals surface area contributed by atoms with Crippen molar-refractivity contribution in [1.29, 1.82) is 0 Å². The summed E-state index contributed by atoms with van der Waals surface area (Å²) in [6.07, 6.45) is -3.07. The van der Waals surface area contributed by atoms with E-state index >= 15 is 0 Å². The van der Waals surface area contributed by atoms with Gasteiger partial charge in [-0.2, -0.15) is 13.2 Å². The Balaban J connectivity index is 2.30. The van der Waals surface area contributed by atoms with E-state index in [0.29, 0.717) is 12.1 Å². The van der Waals surface area contributed by atoms with Crippen molar-refractivity contribution in [2.45, 2.75) is 25.1 Å². The van der Waals surface area contributed by atoms with Gasteiger partial charge in [-0.3, -0.25) is 0 Å². The van der Waals surface area contributed by atoms with Crippen molar-refractivity contribution in [3.05, 3.63) is 35.4 Å². The average Bonchev–Trinajstić information content (AvgIpc) is 2.41. The van der Waals surface area contributed by atoms with Gasteiger partial charge in [-0.05, 0) is 57.7 Å². The zero-order chi connectivity index (χ0) is 15.9. The van der Waals surface area contributed by atoms with Gasteiger partial charge < -0.3 is 15.3 Å². The summed E-state index contributed by atoms with van der Waals surface area (Å²) in [5.41, 5.74) is -0.209. The normalized spacial score (nSPS) is 13.7. The smallest absolute Gasteiger partial charge is 0.387 e. The summed E-state index contributed by atoms with van der Waals surface area (Å²) in [7, 11) is 4.03. The molecule has 0 spiro atoms. The van der Waals surface area contributed by atoms with Crippen molar-refractivity contribution < 1.29 is 18.3 Å². The molecule has 0 fully saturated rings. The molecule has 0 heterocycles. The van der Waals surface area contributed by atoms with E-state index in [0.717, 1.165) is 38.1 Å². The van der Waals surface area contributed by atoms with Crippen LogP contribution in [0.1, 0.15) is 30.1 Å². The van der Waals surface area contributed by atoms with Gasteiger partial charge >= 0.3 is 6.18 Å². The predicted molar refractivity (Wildman–Crippen MR) is 77.1 cm³/mol. The summed E-state index contributed by atoms with van der Waals surface area (Å²) in [5, 5.41) is 13.0. The number of aliphatic hydroxyl groups excluding tert-OH is 1. The molecule has 3 nitrogen and oxygen atoms in total. The van der Waals surface area contributed by atoms with E-state index in [1.807, 2.05) is 14.1 Å². The van der Waals surface area contributed by atoms with Gasteiger partial charge in [0, 0.05) is 6.54 Å². The molecule has 2 N–H and O–H groups in total. The van der Waals surface area contributed by atoms with Gasteiger partial charge in [-0.15, -0.1) is 0 Å². The van der Waals surface area contributed by atoms with E-state index in [1.54, 1.807) is 0 Å². The van der Waals surface area contributed by atoms with Crippen molar-refractivity contribution in [3.8, 4) is 0 Å². The van der Waals surface area contributed by atoms with Crippen molar-refractivity contribution in [3.63, 3.8) is 0 Å². The van der Waals surface area contributed by atoms with Crippen molar-refractivity contribution in [2.75, 3.05) is 33.7 Å². The van der Waals surface area contributed by atoms with E-state index < -0.39 is 17.8 Å². The molecule has 1 aromatic carbocycles. The molecule has 0 aromatic heterocycles. The van der Waals surface area contributed by atoms with E-state index in [1.165, 1.54) is 12.1 Å². The SMILES string of the molecule is CN(C)CCCCNCC(O)c1ccc(C(F)(F)F)cc1. The molecule has 0 saturated heterocycles. The number of nitrogens with one attached hydrogen (secondary N) is 1. The van der Waals surface area contributed by atoms with Crippen LogP contribution in [0.15, 0.2) is 24.3 Å². The lowest BCUT2D eigenvalue weighted by molar-refractivity contribution is -0.137. The van der Waals surface area contributed by atoms with Gasteiger partial charge in [0.15, 0.2) is 0 Å². The van der Waals surface area contributed by atoms with Gasteiger partial charge in [0.05, 0.1) is 11.7 Å². The summed E-state index contributed by atoms with van der Waals surface area (Å²) in [5.74, 6) is 0. The quantitative estimate of drug-likeness (QED) is 0.725.